The fourth-order valence-electron chi connectivity index (χ4n) is 2.60. The van der Waals surface area contributed by atoms with Crippen LogP contribution in [0.2, 0.25) is 0 Å². The highest BCUT2D eigenvalue weighted by molar-refractivity contribution is 6.09. The summed E-state index contributed by atoms with van der Waals surface area (Å²) in [6, 6.07) is 23.1. The van der Waals surface area contributed by atoms with Gasteiger partial charge in [0.25, 0.3) is 5.91 Å². The maximum absolute atomic E-state index is 12.6. The lowest BCUT2D eigenvalue weighted by atomic mass is 10.1. The third-order valence-corrected chi connectivity index (χ3v) is 3.95. The highest BCUT2D eigenvalue weighted by Gasteiger charge is 2.12. The first-order valence-electron chi connectivity index (χ1n) is 8.18. The molecule has 0 fully saturated rings. The van der Waals surface area contributed by atoms with E-state index in [1.165, 1.54) is 5.56 Å². The zero-order valence-electron chi connectivity index (χ0n) is 14.1. The lowest BCUT2D eigenvalue weighted by molar-refractivity contribution is 0.102. The molecule has 25 heavy (non-hydrogen) atoms. The van der Waals surface area contributed by atoms with E-state index in [1.807, 2.05) is 49.4 Å². The Kier molecular flexibility index (Phi) is 5.00. The van der Waals surface area contributed by atoms with Gasteiger partial charge in [-0.2, -0.15) is 0 Å². The van der Waals surface area contributed by atoms with Crippen molar-refractivity contribution in [3.05, 3.63) is 89.5 Å². The van der Waals surface area contributed by atoms with E-state index < -0.39 is 0 Å². The topological polar surface area (TPSA) is 67.1 Å². The summed E-state index contributed by atoms with van der Waals surface area (Å²) < 4.78 is 0. The summed E-state index contributed by atoms with van der Waals surface area (Å²) in [5, 5.41) is 6.35. The van der Waals surface area contributed by atoms with Crippen LogP contribution in [-0.4, -0.2) is 5.91 Å². The molecule has 0 aliphatic carbocycles. The van der Waals surface area contributed by atoms with Gasteiger partial charge in [0.2, 0.25) is 0 Å². The Morgan fingerprint density at radius 1 is 0.920 bits per heavy atom. The number of carbonyl (C=O) groups excluding carboxylic acids is 1. The van der Waals surface area contributed by atoms with Crippen molar-refractivity contribution in [2.45, 2.75) is 13.5 Å². The van der Waals surface area contributed by atoms with Gasteiger partial charge in [-0.05, 0) is 42.3 Å². The van der Waals surface area contributed by atoms with Gasteiger partial charge in [0.1, 0.15) is 0 Å². The molecule has 4 N–H and O–H groups in total. The summed E-state index contributed by atoms with van der Waals surface area (Å²) in [4.78, 5) is 12.6. The Morgan fingerprint density at radius 3 is 2.40 bits per heavy atom. The van der Waals surface area contributed by atoms with Gasteiger partial charge in [0.15, 0.2) is 0 Å². The number of hydrogen-bond donors (Lipinski definition) is 3. The Balaban J connectivity index is 1.79. The third-order valence-electron chi connectivity index (χ3n) is 3.95. The number of hydrogen-bond acceptors (Lipinski definition) is 3. The molecule has 0 atom stereocenters. The SMILES string of the molecule is Cc1ccc(NCc2ccccc2)c(NC(=O)c2ccccc2N)c1. The molecule has 0 heterocycles. The molecule has 3 aromatic rings. The van der Waals surface area contributed by atoms with Crippen molar-refractivity contribution in [1.82, 2.24) is 0 Å². The van der Waals surface area contributed by atoms with Gasteiger partial charge in [-0.3, -0.25) is 4.79 Å². The highest BCUT2D eigenvalue weighted by Crippen LogP contribution is 2.25. The summed E-state index contributed by atoms with van der Waals surface area (Å²) in [5.74, 6) is -0.216. The molecule has 0 aliphatic heterocycles. The van der Waals surface area contributed by atoms with E-state index in [1.54, 1.807) is 18.2 Å². The highest BCUT2D eigenvalue weighted by atomic mass is 16.1. The quantitative estimate of drug-likeness (QED) is 0.605. The van der Waals surface area contributed by atoms with Crippen LogP contribution in [0.3, 0.4) is 0 Å². The maximum atomic E-state index is 12.6. The van der Waals surface area contributed by atoms with Crippen LogP contribution in [0, 0.1) is 6.92 Å². The van der Waals surface area contributed by atoms with Crippen LogP contribution in [-0.2, 0) is 6.54 Å². The van der Waals surface area contributed by atoms with Gasteiger partial charge in [0.05, 0.1) is 16.9 Å². The molecular formula is C21H21N3O. The van der Waals surface area contributed by atoms with E-state index in [4.69, 9.17) is 5.73 Å². The van der Waals surface area contributed by atoms with E-state index in [9.17, 15) is 4.79 Å². The fourth-order valence-corrected chi connectivity index (χ4v) is 2.60. The molecule has 3 rings (SSSR count). The Hall–Kier alpha value is -3.27. The van der Waals surface area contributed by atoms with E-state index in [2.05, 4.69) is 22.8 Å². The molecule has 0 saturated heterocycles. The van der Waals surface area contributed by atoms with E-state index in [0.717, 1.165) is 16.9 Å². The number of aryl methyl sites for hydroxylation is 1. The van der Waals surface area contributed by atoms with Gasteiger partial charge in [-0.15, -0.1) is 0 Å². The first-order chi connectivity index (χ1) is 12.1. The van der Waals surface area contributed by atoms with Crippen molar-refractivity contribution in [3.8, 4) is 0 Å². The van der Waals surface area contributed by atoms with Crippen molar-refractivity contribution in [2.24, 2.45) is 0 Å². The maximum Gasteiger partial charge on any atom is 0.257 e. The summed E-state index contributed by atoms with van der Waals surface area (Å²) in [5.41, 5.74) is 10.7. The summed E-state index contributed by atoms with van der Waals surface area (Å²) in [7, 11) is 0. The van der Waals surface area contributed by atoms with E-state index in [-0.39, 0.29) is 5.91 Å². The molecule has 4 heteroatoms. The third kappa shape index (κ3) is 4.18. The number of nitrogens with one attached hydrogen (secondary N) is 2. The van der Waals surface area contributed by atoms with Gasteiger partial charge < -0.3 is 16.4 Å². The van der Waals surface area contributed by atoms with E-state index >= 15 is 0 Å². The molecule has 0 saturated carbocycles. The van der Waals surface area contributed by atoms with Gasteiger partial charge >= 0.3 is 0 Å². The molecule has 0 unspecified atom stereocenters. The van der Waals surface area contributed by atoms with Crippen molar-refractivity contribution in [2.75, 3.05) is 16.4 Å². The number of nitrogens with two attached hydrogens (primary N) is 1. The molecule has 4 nitrogen and oxygen atoms in total. The first-order valence-corrected chi connectivity index (χ1v) is 8.18. The number of benzene rings is 3. The minimum Gasteiger partial charge on any atom is -0.398 e. The van der Waals surface area contributed by atoms with Gasteiger partial charge in [-0.25, -0.2) is 0 Å². The number of nitrogen functional groups attached to an aromatic ring is 1. The monoisotopic (exact) mass is 331 g/mol. The lowest BCUT2D eigenvalue weighted by Gasteiger charge is -2.15. The smallest absolute Gasteiger partial charge is 0.257 e. The van der Waals surface area contributed by atoms with Crippen LogP contribution in [0.15, 0.2) is 72.8 Å². The van der Waals surface area contributed by atoms with Crippen molar-refractivity contribution in [3.63, 3.8) is 0 Å². The normalized spacial score (nSPS) is 10.3. The number of amides is 1. The van der Waals surface area contributed by atoms with Crippen LogP contribution >= 0.6 is 0 Å². The zero-order chi connectivity index (χ0) is 17.6. The van der Waals surface area contributed by atoms with Crippen molar-refractivity contribution in [1.29, 1.82) is 0 Å². The van der Waals surface area contributed by atoms with Crippen LogP contribution < -0.4 is 16.4 Å². The van der Waals surface area contributed by atoms with Crippen LogP contribution in [0.5, 0.6) is 0 Å². The molecule has 1 amide bonds. The Morgan fingerprint density at radius 2 is 1.64 bits per heavy atom. The van der Waals surface area contributed by atoms with Gasteiger partial charge in [-0.1, -0.05) is 48.5 Å². The summed E-state index contributed by atoms with van der Waals surface area (Å²) in [6.07, 6.45) is 0. The van der Waals surface area contributed by atoms with Crippen molar-refractivity contribution < 1.29 is 4.79 Å². The van der Waals surface area contributed by atoms with Crippen LogP contribution in [0.25, 0.3) is 0 Å². The molecule has 0 aliphatic rings. The van der Waals surface area contributed by atoms with Crippen LogP contribution in [0.4, 0.5) is 17.1 Å². The molecule has 3 aromatic carbocycles. The minimum atomic E-state index is -0.216. The van der Waals surface area contributed by atoms with Crippen molar-refractivity contribution >= 4 is 23.0 Å². The fraction of sp³-hybridized carbons (Fsp3) is 0.0952. The zero-order valence-corrected chi connectivity index (χ0v) is 14.1. The molecule has 0 bridgehead atoms. The number of anilines is 3. The minimum absolute atomic E-state index is 0.216. The van der Waals surface area contributed by atoms with Gasteiger partial charge in [0, 0.05) is 12.2 Å². The largest absolute Gasteiger partial charge is 0.398 e. The lowest BCUT2D eigenvalue weighted by Crippen LogP contribution is -2.15. The summed E-state index contributed by atoms with van der Waals surface area (Å²) in [6.45, 7) is 2.67. The molecular weight excluding hydrogens is 310 g/mol. The predicted octanol–water partition coefficient (Wildman–Crippen LogP) is 4.44. The molecule has 126 valence electrons. The average Bonchev–Trinajstić information content (AvgIpc) is 2.62. The number of carbonyl (C=O) groups is 1. The molecule has 0 radical (unpaired) electrons. The standard InChI is InChI=1S/C21H21N3O/c1-15-11-12-19(23-14-16-7-3-2-4-8-16)20(13-15)24-21(25)17-9-5-6-10-18(17)22/h2-13,23H,14,22H2,1H3,(H,24,25). The first kappa shape index (κ1) is 16.6. The Labute approximate surface area is 147 Å². The van der Waals surface area contributed by atoms with E-state index in [0.29, 0.717) is 17.8 Å². The van der Waals surface area contributed by atoms with Crippen LogP contribution in [0.1, 0.15) is 21.5 Å². The second kappa shape index (κ2) is 7.53. The molecule has 0 spiro atoms. The number of para-hydroxylation sites is 1. The summed E-state index contributed by atoms with van der Waals surface area (Å²) >= 11 is 0. The number of rotatable bonds is 5. The predicted molar refractivity (Wildman–Crippen MR) is 104 cm³/mol. The Bertz CT molecular complexity index is 875. The second-order valence-corrected chi connectivity index (χ2v) is 5.93. The average molecular weight is 331 g/mol. The second-order valence-electron chi connectivity index (χ2n) is 5.93. The molecule has 0 aromatic heterocycles.